The number of carbonyl (C=O) groups excluding carboxylic acids is 1. The maximum absolute atomic E-state index is 13.1. The van der Waals surface area contributed by atoms with Crippen molar-refractivity contribution in [3.8, 4) is 0 Å². The van der Waals surface area contributed by atoms with Crippen molar-refractivity contribution < 1.29 is 9.18 Å². The Morgan fingerprint density at radius 1 is 1.11 bits per heavy atom. The van der Waals surface area contributed by atoms with E-state index in [9.17, 15) is 9.18 Å². The van der Waals surface area contributed by atoms with Crippen molar-refractivity contribution in [2.24, 2.45) is 0 Å². The van der Waals surface area contributed by atoms with E-state index in [1.807, 2.05) is 17.0 Å². The van der Waals surface area contributed by atoms with Crippen LogP contribution in [0.15, 0.2) is 36.9 Å². The SMILES string of the molecule is O=C(Cn1cncn1)N1CCCC(N2CCN(c3ccc(F)cc3)CC2)C1. The van der Waals surface area contributed by atoms with E-state index in [4.69, 9.17) is 0 Å². The second-order valence-corrected chi connectivity index (χ2v) is 7.23. The molecular formula is C19H25FN6O. The number of hydrogen-bond donors (Lipinski definition) is 0. The Balaban J connectivity index is 1.30. The van der Waals surface area contributed by atoms with E-state index in [0.29, 0.717) is 6.04 Å². The van der Waals surface area contributed by atoms with Gasteiger partial charge in [0.2, 0.25) is 5.91 Å². The normalized spacial score (nSPS) is 21.4. The molecule has 3 heterocycles. The Morgan fingerprint density at radius 3 is 2.59 bits per heavy atom. The molecule has 8 heteroatoms. The zero-order valence-corrected chi connectivity index (χ0v) is 15.4. The Bertz CT molecular complexity index is 742. The maximum Gasteiger partial charge on any atom is 0.244 e. The first-order chi connectivity index (χ1) is 13.2. The van der Waals surface area contributed by atoms with Crippen LogP contribution in [0.1, 0.15) is 12.8 Å². The fourth-order valence-electron chi connectivity index (χ4n) is 4.03. The van der Waals surface area contributed by atoms with Gasteiger partial charge in [-0.2, -0.15) is 5.10 Å². The smallest absolute Gasteiger partial charge is 0.244 e. The molecule has 2 saturated heterocycles. The highest BCUT2D eigenvalue weighted by Crippen LogP contribution is 2.21. The van der Waals surface area contributed by atoms with Crippen molar-refractivity contribution in [2.75, 3.05) is 44.2 Å². The molecule has 1 atom stereocenters. The lowest BCUT2D eigenvalue weighted by molar-refractivity contribution is -0.134. The van der Waals surface area contributed by atoms with Gasteiger partial charge in [0.25, 0.3) is 0 Å². The Labute approximate surface area is 158 Å². The second kappa shape index (κ2) is 8.04. The number of hydrogen-bond acceptors (Lipinski definition) is 5. The third-order valence-electron chi connectivity index (χ3n) is 5.54. The summed E-state index contributed by atoms with van der Waals surface area (Å²) in [6.45, 7) is 5.64. The van der Waals surface area contributed by atoms with Gasteiger partial charge in [0.15, 0.2) is 0 Å². The molecule has 1 amide bonds. The number of anilines is 1. The molecule has 0 aliphatic carbocycles. The number of piperazine rings is 1. The molecular weight excluding hydrogens is 347 g/mol. The van der Waals surface area contributed by atoms with Gasteiger partial charge in [-0.05, 0) is 37.1 Å². The predicted octanol–water partition coefficient (Wildman–Crippen LogP) is 1.23. The standard InChI is InChI=1S/C19H25FN6O/c20-16-3-5-17(6-4-16)23-8-10-24(11-9-23)18-2-1-7-25(12-18)19(27)13-26-15-21-14-22-26/h3-6,14-15,18H,1-2,7-13H2. The van der Waals surface area contributed by atoms with Crippen LogP contribution in [-0.4, -0.2) is 75.8 Å². The molecule has 0 saturated carbocycles. The summed E-state index contributed by atoms with van der Waals surface area (Å²) in [5.41, 5.74) is 1.07. The zero-order chi connectivity index (χ0) is 18.6. The van der Waals surface area contributed by atoms with Crippen molar-refractivity contribution in [3.05, 3.63) is 42.7 Å². The molecule has 1 unspecified atom stereocenters. The predicted molar refractivity (Wildman–Crippen MR) is 99.8 cm³/mol. The van der Waals surface area contributed by atoms with Crippen LogP contribution in [0.5, 0.6) is 0 Å². The van der Waals surface area contributed by atoms with E-state index in [1.165, 1.54) is 18.5 Å². The van der Waals surface area contributed by atoms with Crippen molar-refractivity contribution in [1.29, 1.82) is 0 Å². The summed E-state index contributed by atoms with van der Waals surface area (Å²) in [4.78, 5) is 23.2. The number of nitrogens with zero attached hydrogens (tertiary/aromatic N) is 6. The average molecular weight is 372 g/mol. The molecule has 1 aromatic carbocycles. The number of amides is 1. The minimum absolute atomic E-state index is 0.107. The summed E-state index contributed by atoms with van der Waals surface area (Å²) in [5, 5.41) is 4.02. The molecule has 7 nitrogen and oxygen atoms in total. The maximum atomic E-state index is 13.1. The molecule has 0 radical (unpaired) electrons. The number of halogens is 1. The van der Waals surface area contributed by atoms with Crippen LogP contribution in [0.4, 0.5) is 10.1 Å². The lowest BCUT2D eigenvalue weighted by Gasteiger charge is -2.44. The number of likely N-dealkylation sites (tertiary alicyclic amines) is 1. The van der Waals surface area contributed by atoms with Gasteiger partial charge >= 0.3 is 0 Å². The van der Waals surface area contributed by atoms with E-state index >= 15 is 0 Å². The van der Waals surface area contributed by atoms with E-state index in [2.05, 4.69) is 19.9 Å². The molecule has 0 N–H and O–H groups in total. The Kier molecular flexibility index (Phi) is 5.33. The first-order valence-electron chi connectivity index (χ1n) is 9.54. The quantitative estimate of drug-likeness (QED) is 0.808. The Morgan fingerprint density at radius 2 is 1.89 bits per heavy atom. The molecule has 0 spiro atoms. The van der Waals surface area contributed by atoms with Crippen LogP contribution >= 0.6 is 0 Å². The fourth-order valence-corrected chi connectivity index (χ4v) is 4.03. The van der Waals surface area contributed by atoms with Crippen LogP contribution < -0.4 is 4.90 Å². The highest BCUT2D eigenvalue weighted by molar-refractivity contribution is 5.76. The third-order valence-corrected chi connectivity index (χ3v) is 5.54. The van der Waals surface area contributed by atoms with Crippen molar-refractivity contribution >= 4 is 11.6 Å². The zero-order valence-electron chi connectivity index (χ0n) is 15.4. The van der Waals surface area contributed by atoms with Gasteiger partial charge in [-0.3, -0.25) is 9.69 Å². The van der Waals surface area contributed by atoms with Gasteiger partial charge in [0.1, 0.15) is 25.0 Å². The van der Waals surface area contributed by atoms with Crippen LogP contribution in [0.2, 0.25) is 0 Å². The van der Waals surface area contributed by atoms with Gasteiger partial charge in [-0.15, -0.1) is 0 Å². The van der Waals surface area contributed by atoms with E-state index in [0.717, 1.165) is 57.8 Å². The summed E-state index contributed by atoms with van der Waals surface area (Å²) in [7, 11) is 0. The van der Waals surface area contributed by atoms with Gasteiger partial charge in [0, 0.05) is 51.0 Å². The van der Waals surface area contributed by atoms with E-state index in [-0.39, 0.29) is 18.3 Å². The van der Waals surface area contributed by atoms with Crippen LogP contribution in [0, 0.1) is 5.82 Å². The fraction of sp³-hybridized carbons (Fsp3) is 0.526. The molecule has 2 aliphatic rings. The first kappa shape index (κ1) is 17.9. The number of piperidine rings is 1. The number of rotatable bonds is 4. The largest absolute Gasteiger partial charge is 0.369 e. The monoisotopic (exact) mass is 372 g/mol. The first-order valence-corrected chi connectivity index (χ1v) is 9.54. The molecule has 2 aliphatic heterocycles. The van der Waals surface area contributed by atoms with Crippen molar-refractivity contribution in [1.82, 2.24) is 24.6 Å². The summed E-state index contributed by atoms with van der Waals surface area (Å²) in [5.74, 6) is -0.0922. The summed E-state index contributed by atoms with van der Waals surface area (Å²) >= 11 is 0. The third kappa shape index (κ3) is 4.27. The molecule has 144 valence electrons. The highest BCUT2D eigenvalue weighted by Gasteiger charge is 2.30. The topological polar surface area (TPSA) is 57.5 Å². The molecule has 2 aromatic rings. The highest BCUT2D eigenvalue weighted by atomic mass is 19.1. The Hall–Kier alpha value is -2.48. The summed E-state index contributed by atoms with van der Waals surface area (Å²) in [6.07, 6.45) is 5.19. The number of benzene rings is 1. The second-order valence-electron chi connectivity index (χ2n) is 7.23. The summed E-state index contributed by atoms with van der Waals surface area (Å²) < 4.78 is 14.7. The number of aromatic nitrogens is 3. The van der Waals surface area contributed by atoms with E-state index < -0.39 is 0 Å². The lowest BCUT2D eigenvalue weighted by atomic mass is 10.0. The lowest BCUT2D eigenvalue weighted by Crippen LogP contribution is -2.56. The van der Waals surface area contributed by atoms with Gasteiger partial charge < -0.3 is 9.80 Å². The molecule has 4 rings (SSSR count). The minimum Gasteiger partial charge on any atom is -0.369 e. The molecule has 0 bridgehead atoms. The molecule has 1 aromatic heterocycles. The van der Waals surface area contributed by atoms with Gasteiger partial charge in [0.05, 0.1) is 0 Å². The van der Waals surface area contributed by atoms with Gasteiger partial charge in [-0.25, -0.2) is 14.1 Å². The molecule has 27 heavy (non-hydrogen) atoms. The van der Waals surface area contributed by atoms with Crippen LogP contribution in [0.25, 0.3) is 0 Å². The average Bonchev–Trinajstić information content (AvgIpc) is 3.22. The van der Waals surface area contributed by atoms with Crippen LogP contribution in [-0.2, 0) is 11.3 Å². The van der Waals surface area contributed by atoms with Crippen molar-refractivity contribution in [3.63, 3.8) is 0 Å². The van der Waals surface area contributed by atoms with E-state index in [1.54, 1.807) is 11.0 Å². The summed E-state index contributed by atoms with van der Waals surface area (Å²) in [6, 6.07) is 7.13. The van der Waals surface area contributed by atoms with Gasteiger partial charge in [-0.1, -0.05) is 0 Å². The molecule has 2 fully saturated rings. The van der Waals surface area contributed by atoms with Crippen LogP contribution in [0.3, 0.4) is 0 Å². The minimum atomic E-state index is -0.199. The van der Waals surface area contributed by atoms with Crippen molar-refractivity contribution in [2.45, 2.75) is 25.4 Å². The number of carbonyl (C=O) groups is 1.